The largest absolute Gasteiger partial charge is 0.362 e. The van der Waals surface area contributed by atoms with Gasteiger partial charge in [0, 0.05) is 11.5 Å². The van der Waals surface area contributed by atoms with Crippen molar-refractivity contribution in [1.82, 2.24) is 0 Å². The molecule has 0 aliphatic rings. The van der Waals surface area contributed by atoms with Crippen molar-refractivity contribution in [3.63, 3.8) is 0 Å². The van der Waals surface area contributed by atoms with Crippen LogP contribution in [0.1, 0.15) is 70.8 Å². The van der Waals surface area contributed by atoms with Gasteiger partial charge in [0.1, 0.15) is 0 Å². The third-order valence-corrected chi connectivity index (χ3v) is 4.17. The van der Waals surface area contributed by atoms with Crippen molar-refractivity contribution in [3.05, 3.63) is 35.9 Å². The lowest BCUT2D eigenvalue weighted by molar-refractivity contribution is -0.212. The molecule has 0 spiro atoms. The molecular weight excluding hydrogens is 248 g/mol. The van der Waals surface area contributed by atoms with Crippen LogP contribution in [0, 0.1) is 5.92 Å². The van der Waals surface area contributed by atoms with Gasteiger partial charge in [-0.2, -0.15) is 0 Å². The fraction of sp³-hybridized carbons (Fsp3) is 0.667. The molecule has 1 rings (SSSR count). The monoisotopic (exact) mass is 278 g/mol. The molecule has 0 aliphatic heterocycles. The van der Waals surface area contributed by atoms with Gasteiger partial charge >= 0.3 is 0 Å². The molecular formula is C18H30O2. The lowest BCUT2D eigenvalue weighted by atomic mass is 9.85. The van der Waals surface area contributed by atoms with Gasteiger partial charge in [-0.05, 0) is 12.8 Å². The second-order valence-electron chi connectivity index (χ2n) is 5.75. The maximum absolute atomic E-state index is 10.4. The van der Waals surface area contributed by atoms with E-state index in [-0.39, 0.29) is 5.92 Å². The first kappa shape index (κ1) is 17.2. The summed E-state index contributed by atoms with van der Waals surface area (Å²) >= 11 is 0. The van der Waals surface area contributed by atoms with E-state index in [1.807, 2.05) is 25.1 Å². The van der Waals surface area contributed by atoms with E-state index in [2.05, 4.69) is 6.92 Å². The molecule has 1 unspecified atom stereocenters. The molecule has 0 heterocycles. The Morgan fingerprint density at radius 2 is 1.50 bits per heavy atom. The van der Waals surface area contributed by atoms with E-state index >= 15 is 0 Å². The molecule has 1 aromatic carbocycles. The molecule has 0 radical (unpaired) electrons. The molecule has 0 amide bonds. The van der Waals surface area contributed by atoms with Crippen LogP contribution in [-0.4, -0.2) is 10.2 Å². The molecule has 2 N–H and O–H groups in total. The van der Waals surface area contributed by atoms with Crippen LogP contribution >= 0.6 is 0 Å². The average Bonchev–Trinajstić information content (AvgIpc) is 2.47. The fourth-order valence-electron chi connectivity index (χ4n) is 2.78. The molecule has 114 valence electrons. The summed E-state index contributed by atoms with van der Waals surface area (Å²) in [5.74, 6) is -1.78. The highest BCUT2D eigenvalue weighted by molar-refractivity contribution is 5.20. The van der Waals surface area contributed by atoms with E-state index < -0.39 is 5.79 Å². The Hall–Kier alpha value is -0.860. The third-order valence-electron chi connectivity index (χ3n) is 4.17. The minimum absolute atomic E-state index is 0.0870. The van der Waals surface area contributed by atoms with Gasteiger partial charge < -0.3 is 10.2 Å². The Bertz CT molecular complexity index is 346. The molecule has 0 fully saturated rings. The minimum atomic E-state index is -1.70. The molecule has 0 saturated carbocycles. The van der Waals surface area contributed by atoms with E-state index in [0.717, 1.165) is 19.3 Å². The normalized spacial score (nSPS) is 13.4. The summed E-state index contributed by atoms with van der Waals surface area (Å²) in [5.41, 5.74) is 0.609. The number of aliphatic hydroxyl groups is 2. The van der Waals surface area contributed by atoms with Crippen LogP contribution in [0.3, 0.4) is 0 Å². The van der Waals surface area contributed by atoms with Crippen molar-refractivity contribution in [2.45, 2.75) is 71.0 Å². The lowest BCUT2D eigenvalue weighted by Crippen LogP contribution is -2.34. The van der Waals surface area contributed by atoms with Crippen molar-refractivity contribution in [2.75, 3.05) is 0 Å². The van der Waals surface area contributed by atoms with Crippen LogP contribution in [0.4, 0.5) is 0 Å². The molecule has 0 saturated heterocycles. The maximum atomic E-state index is 10.4. The summed E-state index contributed by atoms with van der Waals surface area (Å²) in [5, 5.41) is 20.9. The predicted molar refractivity (Wildman–Crippen MR) is 84.3 cm³/mol. The topological polar surface area (TPSA) is 40.5 Å². The summed E-state index contributed by atoms with van der Waals surface area (Å²) in [4.78, 5) is 0. The zero-order valence-corrected chi connectivity index (χ0v) is 13.0. The van der Waals surface area contributed by atoms with Crippen molar-refractivity contribution >= 4 is 0 Å². The number of rotatable bonds is 10. The summed E-state index contributed by atoms with van der Waals surface area (Å²) in [6.07, 6.45) is 9.09. The molecule has 0 bridgehead atoms. The van der Waals surface area contributed by atoms with Crippen molar-refractivity contribution in [3.8, 4) is 0 Å². The summed E-state index contributed by atoms with van der Waals surface area (Å²) in [6.45, 7) is 4.25. The molecule has 2 heteroatoms. The molecule has 0 aliphatic carbocycles. The summed E-state index contributed by atoms with van der Waals surface area (Å²) in [6, 6.07) is 9.20. The van der Waals surface area contributed by atoms with Crippen LogP contribution in [-0.2, 0) is 5.79 Å². The SMILES string of the molecule is CCCCCCCCC(CC)C(O)(O)c1ccccc1. The van der Waals surface area contributed by atoms with Crippen LogP contribution < -0.4 is 0 Å². The van der Waals surface area contributed by atoms with Gasteiger partial charge in [0.25, 0.3) is 0 Å². The van der Waals surface area contributed by atoms with Gasteiger partial charge in [-0.25, -0.2) is 0 Å². The van der Waals surface area contributed by atoms with E-state index in [4.69, 9.17) is 0 Å². The van der Waals surface area contributed by atoms with Crippen LogP contribution in [0.25, 0.3) is 0 Å². The Kier molecular flexibility index (Phi) is 7.86. The average molecular weight is 278 g/mol. The standard InChI is InChI=1S/C18H30O2/c1-3-5-6-7-8-10-13-16(4-2)18(19,20)17-14-11-9-12-15-17/h9,11-12,14-16,19-20H,3-8,10,13H2,1-2H3. The summed E-state index contributed by atoms with van der Waals surface area (Å²) in [7, 11) is 0. The smallest absolute Gasteiger partial charge is 0.192 e. The van der Waals surface area contributed by atoms with E-state index in [0.29, 0.717) is 5.56 Å². The van der Waals surface area contributed by atoms with Crippen LogP contribution in [0.15, 0.2) is 30.3 Å². The first-order valence-electron chi connectivity index (χ1n) is 8.13. The zero-order chi connectivity index (χ0) is 14.8. The van der Waals surface area contributed by atoms with Crippen molar-refractivity contribution in [2.24, 2.45) is 5.92 Å². The highest BCUT2D eigenvalue weighted by Gasteiger charge is 2.34. The molecule has 1 aromatic rings. The lowest BCUT2D eigenvalue weighted by Gasteiger charge is -2.31. The summed E-state index contributed by atoms with van der Waals surface area (Å²) < 4.78 is 0. The number of unbranched alkanes of at least 4 members (excludes halogenated alkanes) is 5. The Balaban J connectivity index is 2.44. The van der Waals surface area contributed by atoms with Crippen molar-refractivity contribution in [1.29, 1.82) is 0 Å². The molecule has 1 atom stereocenters. The first-order chi connectivity index (χ1) is 9.62. The van der Waals surface area contributed by atoms with Crippen LogP contribution in [0.5, 0.6) is 0 Å². The van der Waals surface area contributed by atoms with E-state index in [1.165, 1.54) is 32.1 Å². The van der Waals surface area contributed by atoms with Gasteiger partial charge in [0.2, 0.25) is 0 Å². The first-order valence-corrected chi connectivity index (χ1v) is 8.13. The van der Waals surface area contributed by atoms with E-state index in [1.54, 1.807) is 12.1 Å². The van der Waals surface area contributed by atoms with Gasteiger partial charge in [-0.15, -0.1) is 0 Å². The Labute approximate surface area is 123 Å². The highest BCUT2D eigenvalue weighted by Crippen LogP contribution is 2.33. The predicted octanol–water partition coefficient (Wildman–Crippen LogP) is 4.60. The van der Waals surface area contributed by atoms with Gasteiger partial charge in [-0.1, -0.05) is 82.7 Å². The molecule has 0 aromatic heterocycles. The van der Waals surface area contributed by atoms with Crippen LogP contribution in [0.2, 0.25) is 0 Å². The fourth-order valence-corrected chi connectivity index (χ4v) is 2.78. The van der Waals surface area contributed by atoms with Gasteiger partial charge in [0.15, 0.2) is 5.79 Å². The highest BCUT2D eigenvalue weighted by atomic mass is 16.5. The third kappa shape index (κ3) is 5.26. The second kappa shape index (κ2) is 9.15. The van der Waals surface area contributed by atoms with Gasteiger partial charge in [0.05, 0.1) is 0 Å². The second-order valence-corrected chi connectivity index (χ2v) is 5.75. The maximum Gasteiger partial charge on any atom is 0.192 e. The number of benzene rings is 1. The van der Waals surface area contributed by atoms with Crippen molar-refractivity contribution < 1.29 is 10.2 Å². The van der Waals surface area contributed by atoms with E-state index in [9.17, 15) is 10.2 Å². The quantitative estimate of drug-likeness (QED) is 0.485. The Morgan fingerprint density at radius 3 is 2.10 bits per heavy atom. The number of hydrogen-bond donors (Lipinski definition) is 2. The minimum Gasteiger partial charge on any atom is -0.362 e. The van der Waals surface area contributed by atoms with Gasteiger partial charge in [-0.3, -0.25) is 0 Å². The molecule has 2 nitrogen and oxygen atoms in total. The Morgan fingerprint density at radius 1 is 0.900 bits per heavy atom. The zero-order valence-electron chi connectivity index (χ0n) is 13.0. The number of hydrogen-bond acceptors (Lipinski definition) is 2. The molecule has 20 heavy (non-hydrogen) atoms.